The molecule has 0 unspecified atom stereocenters. The third-order valence-corrected chi connectivity index (χ3v) is 2.57. The fourth-order valence-corrected chi connectivity index (χ4v) is 2.29. The maximum absolute atomic E-state index is 3.19. The molecule has 1 rings (SSSR count). The van der Waals surface area contributed by atoms with Crippen molar-refractivity contribution in [3.05, 3.63) is 28.8 Å². The highest BCUT2D eigenvalue weighted by atomic mass is 14.8. The van der Waals surface area contributed by atoms with Crippen LogP contribution in [0.3, 0.4) is 0 Å². The molecule has 14 heavy (non-hydrogen) atoms. The monoisotopic (exact) mass is 191 g/mol. The third kappa shape index (κ3) is 2.09. The van der Waals surface area contributed by atoms with Gasteiger partial charge in [0.1, 0.15) is 0 Å². The molecule has 0 radical (unpaired) electrons. The highest BCUT2D eigenvalue weighted by Crippen LogP contribution is 2.30. The molecule has 1 aromatic rings. The molecular formula is C13H21N. The standard InChI is InChI=1S/C13H21N/c1-9-7-11(14-6)8-10(2)12(9)13(3,4)5/h7-8,14H,1-6H3. The third-order valence-electron chi connectivity index (χ3n) is 2.57. The molecular weight excluding hydrogens is 170 g/mol. The predicted molar refractivity (Wildman–Crippen MR) is 64.2 cm³/mol. The van der Waals surface area contributed by atoms with Crippen LogP contribution in [-0.4, -0.2) is 7.05 Å². The summed E-state index contributed by atoms with van der Waals surface area (Å²) in [6.45, 7) is 11.2. The molecule has 0 fully saturated rings. The van der Waals surface area contributed by atoms with Crippen molar-refractivity contribution in [1.29, 1.82) is 0 Å². The zero-order valence-corrected chi connectivity index (χ0v) is 10.2. The fraction of sp³-hybridized carbons (Fsp3) is 0.538. The minimum Gasteiger partial charge on any atom is -0.388 e. The van der Waals surface area contributed by atoms with Crippen LogP contribution in [0.5, 0.6) is 0 Å². The maximum Gasteiger partial charge on any atom is 0.0343 e. The Morgan fingerprint density at radius 1 is 1.00 bits per heavy atom. The highest BCUT2D eigenvalue weighted by molar-refractivity contribution is 5.53. The van der Waals surface area contributed by atoms with Gasteiger partial charge < -0.3 is 5.32 Å². The summed E-state index contributed by atoms with van der Waals surface area (Å²) < 4.78 is 0. The summed E-state index contributed by atoms with van der Waals surface area (Å²) in [5, 5.41) is 3.19. The van der Waals surface area contributed by atoms with E-state index >= 15 is 0 Å². The molecule has 1 heteroatoms. The molecule has 0 aliphatic heterocycles. The topological polar surface area (TPSA) is 12.0 Å². The molecule has 78 valence electrons. The van der Waals surface area contributed by atoms with Crippen molar-refractivity contribution >= 4 is 5.69 Å². The summed E-state index contributed by atoms with van der Waals surface area (Å²) in [5.41, 5.74) is 5.66. The van der Waals surface area contributed by atoms with Crippen LogP contribution >= 0.6 is 0 Å². The average molecular weight is 191 g/mol. The van der Waals surface area contributed by atoms with Crippen LogP contribution in [0.15, 0.2) is 12.1 Å². The van der Waals surface area contributed by atoms with Gasteiger partial charge in [-0.05, 0) is 48.1 Å². The van der Waals surface area contributed by atoms with Crippen molar-refractivity contribution in [3.63, 3.8) is 0 Å². The van der Waals surface area contributed by atoms with Crippen molar-refractivity contribution in [2.75, 3.05) is 12.4 Å². The molecule has 0 spiro atoms. The lowest BCUT2D eigenvalue weighted by molar-refractivity contribution is 0.582. The van der Waals surface area contributed by atoms with Gasteiger partial charge in [0.15, 0.2) is 0 Å². The maximum atomic E-state index is 3.19. The van der Waals surface area contributed by atoms with Crippen LogP contribution in [-0.2, 0) is 5.41 Å². The van der Waals surface area contributed by atoms with Gasteiger partial charge in [0.25, 0.3) is 0 Å². The van der Waals surface area contributed by atoms with E-state index in [0.29, 0.717) is 0 Å². The zero-order chi connectivity index (χ0) is 10.9. The van der Waals surface area contributed by atoms with Crippen molar-refractivity contribution in [2.45, 2.75) is 40.0 Å². The van der Waals surface area contributed by atoms with Gasteiger partial charge in [-0.1, -0.05) is 20.8 Å². The first-order chi connectivity index (χ1) is 6.36. The molecule has 1 N–H and O–H groups in total. The molecule has 0 saturated heterocycles. The molecule has 0 amide bonds. The number of hydrogen-bond acceptors (Lipinski definition) is 1. The number of aryl methyl sites for hydroxylation is 2. The van der Waals surface area contributed by atoms with Crippen LogP contribution in [0.25, 0.3) is 0 Å². The van der Waals surface area contributed by atoms with Crippen molar-refractivity contribution in [1.82, 2.24) is 0 Å². The van der Waals surface area contributed by atoms with Gasteiger partial charge in [-0.25, -0.2) is 0 Å². The number of rotatable bonds is 1. The molecule has 0 heterocycles. The van der Waals surface area contributed by atoms with E-state index in [1.54, 1.807) is 0 Å². The first-order valence-corrected chi connectivity index (χ1v) is 5.15. The van der Waals surface area contributed by atoms with Crippen molar-refractivity contribution in [2.24, 2.45) is 0 Å². The second kappa shape index (κ2) is 3.64. The minimum atomic E-state index is 0.237. The average Bonchev–Trinajstić information content (AvgIpc) is 1.99. The summed E-state index contributed by atoms with van der Waals surface area (Å²) in [4.78, 5) is 0. The largest absolute Gasteiger partial charge is 0.388 e. The van der Waals surface area contributed by atoms with Crippen molar-refractivity contribution < 1.29 is 0 Å². The lowest BCUT2D eigenvalue weighted by Gasteiger charge is -2.25. The lowest BCUT2D eigenvalue weighted by atomic mass is 9.81. The fourth-order valence-electron chi connectivity index (χ4n) is 2.29. The smallest absolute Gasteiger partial charge is 0.0343 e. The minimum absolute atomic E-state index is 0.237. The quantitative estimate of drug-likeness (QED) is 0.714. The SMILES string of the molecule is CNc1cc(C)c(C(C)(C)C)c(C)c1. The predicted octanol–water partition coefficient (Wildman–Crippen LogP) is 3.64. The summed E-state index contributed by atoms with van der Waals surface area (Å²) in [6.07, 6.45) is 0. The van der Waals surface area contributed by atoms with E-state index in [2.05, 4.69) is 52.1 Å². The van der Waals surface area contributed by atoms with Gasteiger partial charge >= 0.3 is 0 Å². The molecule has 0 atom stereocenters. The van der Waals surface area contributed by atoms with Crippen molar-refractivity contribution in [3.8, 4) is 0 Å². The first-order valence-electron chi connectivity index (χ1n) is 5.15. The van der Waals surface area contributed by atoms with E-state index in [9.17, 15) is 0 Å². The van der Waals surface area contributed by atoms with Crippen LogP contribution < -0.4 is 5.32 Å². The first kappa shape index (κ1) is 11.1. The van der Waals surface area contributed by atoms with Gasteiger partial charge in [-0.3, -0.25) is 0 Å². The molecule has 1 aromatic carbocycles. The molecule has 0 aliphatic carbocycles. The molecule has 0 saturated carbocycles. The van der Waals surface area contributed by atoms with Crippen LogP contribution in [0.2, 0.25) is 0 Å². The van der Waals surface area contributed by atoms with Crippen LogP contribution in [0.1, 0.15) is 37.5 Å². The van der Waals surface area contributed by atoms with E-state index in [0.717, 1.165) is 0 Å². The molecule has 0 bridgehead atoms. The van der Waals surface area contributed by atoms with Crippen LogP contribution in [0.4, 0.5) is 5.69 Å². The van der Waals surface area contributed by atoms with E-state index in [1.165, 1.54) is 22.4 Å². The van der Waals surface area contributed by atoms with Gasteiger partial charge in [0.2, 0.25) is 0 Å². The summed E-state index contributed by atoms with van der Waals surface area (Å²) in [5.74, 6) is 0. The Labute approximate surface area is 87.5 Å². The van der Waals surface area contributed by atoms with Gasteiger partial charge in [-0.15, -0.1) is 0 Å². The normalized spacial score (nSPS) is 11.6. The van der Waals surface area contributed by atoms with Crippen LogP contribution in [0, 0.1) is 13.8 Å². The molecule has 1 nitrogen and oxygen atoms in total. The molecule has 0 aromatic heterocycles. The Hall–Kier alpha value is -0.980. The lowest BCUT2D eigenvalue weighted by Crippen LogP contribution is -2.15. The summed E-state index contributed by atoms with van der Waals surface area (Å²) in [6, 6.07) is 4.43. The summed E-state index contributed by atoms with van der Waals surface area (Å²) >= 11 is 0. The summed E-state index contributed by atoms with van der Waals surface area (Å²) in [7, 11) is 1.96. The number of anilines is 1. The van der Waals surface area contributed by atoms with Gasteiger partial charge in [0.05, 0.1) is 0 Å². The second-order valence-corrected chi connectivity index (χ2v) is 4.99. The Bertz CT molecular complexity index is 309. The highest BCUT2D eigenvalue weighted by Gasteiger charge is 2.18. The van der Waals surface area contributed by atoms with Gasteiger partial charge in [-0.2, -0.15) is 0 Å². The second-order valence-electron chi connectivity index (χ2n) is 4.99. The van der Waals surface area contributed by atoms with E-state index in [4.69, 9.17) is 0 Å². The Balaban J connectivity index is 3.33. The molecule has 0 aliphatic rings. The van der Waals surface area contributed by atoms with E-state index in [-0.39, 0.29) is 5.41 Å². The zero-order valence-electron chi connectivity index (χ0n) is 10.2. The van der Waals surface area contributed by atoms with E-state index < -0.39 is 0 Å². The number of hydrogen-bond donors (Lipinski definition) is 1. The Morgan fingerprint density at radius 2 is 1.43 bits per heavy atom. The Morgan fingerprint density at radius 3 is 1.71 bits per heavy atom. The number of benzene rings is 1. The van der Waals surface area contributed by atoms with Gasteiger partial charge in [0, 0.05) is 12.7 Å². The number of nitrogens with one attached hydrogen (secondary N) is 1. The Kier molecular flexibility index (Phi) is 2.89. The van der Waals surface area contributed by atoms with E-state index in [1.807, 2.05) is 7.05 Å².